The first kappa shape index (κ1) is 30.5. The van der Waals surface area contributed by atoms with Crippen LogP contribution in [0.2, 0.25) is 0 Å². The summed E-state index contributed by atoms with van der Waals surface area (Å²) < 4.78 is 6.96. The number of rotatable bonds is 3. The van der Waals surface area contributed by atoms with Crippen molar-refractivity contribution in [3.8, 4) is 44.9 Å². The Morgan fingerprint density at radius 3 is 1.69 bits per heavy atom. The summed E-state index contributed by atoms with van der Waals surface area (Å²) in [5.74, 6) is 1.76. The Morgan fingerprint density at radius 2 is 0.909 bits per heavy atom. The van der Waals surface area contributed by atoms with Crippen LogP contribution in [0.5, 0.6) is 11.5 Å². The summed E-state index contributed by atoms with van der Waals surface area (Å²) in [7, 11) is 0. The molecule has 256 valence electrons. The molecule has 1 heterocycles. The molecule has 0 amide bonds. The van der Waals surface area contributed by atoms with Crippen LogP contribution >= 0.6 is 0 Å². The van der Waals surface area contributed by atoms with Crippen LogP contribution in [-0.2, 0) is 10.8 Å². The van der Waals surface area contributed by atoms with Gasteiger partial charge in [0, 0.05) is 11.1 Å². The molecular weight excluding hydrogens is 665 g/mol. The van der Waals surface area contributed by atoms with Crippen molar-refractivity contribution in [2.24, 2.45) is 0 Å². The third-order valence-corrected chi connectivity index (χ3v) is 12.6. The number of benzene rings is 9. The van der Waals surface area contributed by atoms with E-state index in [0.29, 0.717) is 0 Å². The summed E-state index contributed by atoms with van der Waals surface area (Å²) in [6.45, 7) is 0. The minimum atomic E-state index is -0.557. The lowest BCUT2D eigenvalue weighted by molar-refractivity contribution is 0.435. The number of para-hydroxylation sites is 1. The van der Waals surface area contributed by atoms with Crippen LogP contribution in [0.15, 0.2) is 206 Å². The number of fused-ring (bicyclic) bond motifs is 14. The molecule has 0 saturated carbocycles. The fourth-order valence-electron chi connectivity index (χ4n) is 10.6. The Balaban J connectivity index is 1.14. The Kier molecular flexibility index (Phi) is 6.25. The zero-order valence-corrected chi connectivity index (χ0v) is 30.0. The van der Waals surface area contributed by atoms with Gasteiger partial charge in [-0.25, -0.2) is 0 Å². The van der Waals surface area contributed by atoms with Gasteiger partial charge < -0.3 is 4.74 Å². The van der Waals surface area contributed by atoms with E-state index in [1.54, 1.807) is 0 Å². The monoisotopic (exact) mass is 698 g/mol. The lowest BCUT2D eigenvalue weighted by Crippen LogP contribution is -2.34. The normalized spacial score (nSPS) is 16.4. The summed E-state index contributed by atoms with van der Waals surface area (Å²) in [5.41, 5.74) is 16.7. The van der Waals surface area contributed by atoms with Crippen LogP contribution in [0, 0.1) is 0 Å². The Morgan fingerprint density at radius 1 is 0.327 bits per heavy atom. The Hall–Kier alpha value is -6.96. The van der Waals surface area contributed by atoms with E-state index >= 15 is 0 Å². The molecule has 55 heavy (non-hydrogen) atoms. The second kappa shape index (κ2) is 11.3. The SMILES string of the molecule is c1ccc(C2(c3ccccc3)c3ccccc3Oc3cc(-c4cccc5c4-c4ccccc4C54c5ccccc5-c5ccc6ccccc6c54)ccc32)cc1. The van der Waals surface area contributed by atoms with Crippen molar-refractivity contribution in [3.05, 3.63) is 251 Å². The first-order valence-corrected chi connectivity index (χ1v) is 19.2. The maximum Gasteiger partial charge on any atom is 0.132 e. The van der Waals surface area contributed by atoms with Crippen molar-refractivity contribution in [2.45, 2.75) is 10.8 Å². The van der Waals surface area contributed by atoms with Gasteiger partial charge in [0.2, 0.25) is 0 Å². The van der Waals surface area contributed by atoms with Crippen molar-refractivity contribution in [1.29, 1.82) is 0 Å². The topological polar surface area (TPSA) is 9.23 Å². The highest BCUT2D eigenvalue weighted by Crippen LogP contribution is 2.65. The summed E-state index contributed by atoms with van der Waals surface area (Å²) in [5, 5.41) is 2.58. The van der Waals surface area contributed by atoms with Gasteiger partial charge in [-0.3, -0.25) is 0 Å². The summed E-state index contributed by atoms with van der Waals surface area (Å²) in [6, 6.07) is 76.0. The molecule has 1 atom stereocenters. The highest BCUT2D eigenvalue weighted by Gasteiger charge is 2.53. The molecule has 9 aromatic carbocycles. The lowest BCUT2D eigenvalue weighted by atomic mass is 9.63. The van der Waals surface area contributed by atoms with E-state index in [-0.39, 0.29) is 0 Å². The molecule has 1 spiro atoms. The van der Waals surface area contributed by atoms with Gasteiger partial charge in [0.1, 0.15) is 11.5 Å². The van der Waals surface area contributed by atoms with Crippen LogP contribution in [-0.4, -0.2) is 0 Å². The van der Waals surface area contributed by atoms with Gasteiger partial charge in [0.15, 0.2) is 0 Å². The molecule has 1 unspecified atom stereocenters. The summed E-state index contributed by atoms with van der Waals surface area (Å²) in [4.78, 5) is 0. The van der Waals surface area contributed by atoms with Crippen molar-refractivity contribution >= 4 is 10.8 Å². The van der Waals surface area contributed by atoms with Gasteiger partial charge in [-0.2, -0.15) is 0 Å². The minimum absolute atomic E-state index is 0.450. The van der Waals surface area contributed by atoms with Crippen molar-refractivity contribution < 1.29 is 4.74 Å². The van der Waals surface area contributed by atoms with Gasteiger partial charge >= 0.3 is 0 Å². The molecule has 1 heteroatoms. The lowest BCUT2D eigenvalue weighted by Gasteiger charge is -2.41. The van der Waals surface area contributed by atoms with Crippen LogP contribution < -0.4 is 4.74 Å². The first-order chi connectivity index (χ1) is 27.3. The molecule has 3 aliphatic rings. The van der Waals surface area contributed by atoms with Gasteiger partial charge in [-0.1, -0.05) is 194 Å². The van der Waals surface area contributed by atoms with E-state index in [9.17, 15) is 0 Å². The standard InChI is InChI=1S/C54H34O/c1-3-17-37(18-4-1)53(38-19-5-2-6-20-38)46-27-13-14-29-49(46)55-50-34-36(31-33-47(50)53)39-24-15-28-48-51(39)43-23-10-12-26-45(43)54(48)44-25-11-9-22-41(44)42-32-30-35-16-7-8-21-40(35)52(42)54/h1-34H. The van der Waals surface area contributed by atoms with Crippen LogP contribution in [0.1, 0.15) is 44.5 Å². The van der Waals surface area contributed by atoms with Gasteiger partial charge in [-0.15, -0.1) is 0 Å². The summed E-state index contributed by atoms with van der Waals surface area (Å²) in [6.07, 6.45) is 0. The Bertz CT molecular complexity index is 2970. The number of hydrogen-bond donors (Lipinski definition) is 0. The number of ether oxygens (including phenoxy) is 1. The zero-order valence-electron chi connectivity index (χ0n) is 30.0. The molecule has 12 rings (SSSR count). The molecular formula is C54H34O. The van der Waals surface area contributed by atoms with Crippen LogP contribution in [0.3, 0.4) is 0 Å². The molecule has 0 saturated heterocycles. The number of hydrogen-bond acceptors (Lipinski definition) is 1. The van der Waals surface area contributed by atoms with Crippen molar-refractivity contribution in [2.75, 3.05) is 0 Å². The fraction of sp³-hybridized carbons (Fsp3) is 0.0370. The highest BCUT2D eigenvalue weighted by molar-refractivity contribution is 6.05. The van der Waals surface area contributed by atoms with E-state index < -0.39 is 10.8 Å². The van der Waals surface area contributed by atoms with E-state index in [2.05, 4.69) is 206 Å². The van der Waals surface area contributed by atoms with Gasteiger partial charge in [-0.05, 0) is 89.7 Å². The molecule has 0 radical (unpaired) electrons. The average Bonchev–Trinajstić information content (AvgIpc) is 3.74. The maximum absolute atomic E-state index is 6.96. The minimum Gasteiger partial charge on any atom is -0.457 e. The average molecular weight is 699 g/mol. The van der Waals surface area contributed by atoms with E-state index in [1.165, 1.54) is 72.0 Å². The van der Waals surface area contributed by atoms with Crippen molar-refractivity contribution in [3.63, 3.8) is 0 Å². The molecule has 9 aromatic rings. The van der Waals surface area contributed by atoms with Crippen LogP contribution in [0.4, 0.5) is 0 Å². The fourth-order valence-corrected chi connectivity index (χ4v) is 10.6. The molecule has 1 aliphatic heterocycles. The molecule has 0 bridgehead atoms. The quantitative estimate of drug-likeness (QED) is 0.178. The third kappa shape index (κ3) is 3.87. The molecule has 2 aliphatic carbocycles. The molecule has 0 aromatic heterocycles. The third-order valence-electron chi connectivity index (χ3n) is 12.6. The predicted molar refractivity (Wildman–Crippen MR) is 224 cm³/mol. The van der Waals surface area contributed by atoms with E-state index in [1.807, 2.05) is 0 Å². The molecule has 0 N–H and O–H groups in total. The van der Waals surface area contributed by atoms with Crippen molar-refractivity contribution in [1.82, 2.24) is 0 Å². The largest absolute Gasteiger partial charge is 0.457 e. The molecule has 1 nitrogen and oxygen atoms in total. The van der Waals surface area contributed by atoms with Gasteiger partial charge in [0.25, 0.3) is 0 Å². The maximum atomic E-state index is 6.96. The molecule has 0 fully saturated rings. The smallest absolute Gasteiger partial charge is 0.132 e. The predicted octanol–water partition coefficient (Wildman–Crippen LogP) is 13.3. The highest BCUT2D eigenvalue weighted by atomic mass is 16.5. The zero-order chi connectivity index (χ0) is 36.1. The van der Waals surface area contributed by atoms with Gasteiger partial charge in [0.05, 0.1) is 10.8 Å². The Labute approximate surface area is 320 Å². The van der Waals surface area contributed by atoms with E-state index in [0.717, 1.165) is 28.2 Å². The summed E-state index contributed by atoms with van der Waals surface area (Å²) >= 11 is 0. The second-order valence-electron chi connectivity index (χ2n) is 15.1. The van der Waals surface area contributed by atoms with Crippen LogP contribution in [0.25, 0.3) is 44.2 Å². The first-order valence-electron chi connectivity index (χ1n) is 19.2. The van der Waals surface area contributed by atoms with E-state index in [4.69, 9.17) is 4.74 Å². The second-order valence-corrected chi connectivity index (χ2v) is 15.1.